The number of imide groups is 1. The van der Waals surface area contributed by atoms with Crippen LogP contribution in [0.25, 0.3) is 12.2 Å². The number of hydrogen-bond acceptors (Lipinski definition) is 5. The Kier molecular flexibility index (Phi) is 6.86. The zero-order chi connectivity index (χ0) is 20.6. The molecule has 1 saturated heterocycles. The van der Waals surface area contributed by atoms with Crippen LogP contribution in [0.3, 0.4) is 0 Å². The maximum absolute atomic E-state index is 12.5. The van der Waals surface area contributed by atoms with E-state index in [1.165, 1.54) is 6.08 Å². The third-order valence-electron chi connectivity index (χ3n) is 4.16. The van der Waals surface area contributed by atoms with Gasteiger partial charge in [-0.3, -0.25) is 19.3 Å². The molecule has 1 N–H and O–H groups in total. The minimum absolute atomic E-state index is 0.116. The van der Waals surface area contributed by atoms with Crippen LogP contribution in [-0.4, -0.2) is 42.2 Å². The average Bonchev–Trinajstić information content (AvgIpc) is 3.00. The Morgan fingerprint density at radius 1 is 1.10 bits per heavy atom. The van der Waals surface area contributed by atoms with E-state index in [1.54, 1.807) is 25.3 Å². The largest absolute Gasteiger partial charge is 0.496 e. The minimum Gasteiger partial charge on any atom is -0.496 e. The van der Waals surface area contributed by atoms with Crippen molar-refractivity contribution in [2.75, 3.05) is 20.2 Å². The highest BCUT2D eigenvalue weighted by Crippen LogP contribution is 2.31. The molecule has 0 spiro atoms. The van der Waals surface area contributed by atoms with Gasteiger partial charge >= 0.3 is 0 Å². The van der Waals surface area contributed by atoms with Crippen LogP contribution in [-0.2, 0) is 9.59 Å². The number of methoxy groups -OCH3 is 1. The van der Waals surface area contributed by atoms with Gasteiger partial charge < -0.3 is 10.1 Å². The van der Waals surface area contributed by atoms with Gasteiger partial charge in [-0.15, -0.1) is 0 Å². The van der Waals surface area contributed by atoms with E-state index >= 15 is 0 Å². The van der Waals surface area contributed by atoms with E-state index in [9.17, 15) is 14.4 Å². The monoisotopic (exact) mass is 408 g/mol. The number of ether oxygens (including phenoxy) is 1. The van der Waals surface area contributed by atoms with Crippen molar-refractivity contribution in [1.29, 1.82) is 0 Å². The topological polar surface area (TPSA) is 75.7 Å². The van der Waals surface area contributed by atoms with Crippen LogP contribution in [0.5, 0.6) is 5.75 Å². The van der Waals surface area contributed by atoms with Crippen LogP contribution in [0, 0.1) is 0 Å². The number of benzene rings is 2. The standard InChI is InChI=1S/C22H20N2O4S/c1-28-18-10-6-5-9-17(18)11-12-20(25)23-13-14-24-21(26)19(29-22(24)27)15-16-7-3-2-4-8-16/h2-12,15H,13-14H2,1H3,(H,23,25). The van der Waals surface area contributed by atoms with Crippen molar-refractivity contribution >= 4 is 41.0 Å². The minimum atomic E-state index is -0.345. The lowest BCUT2D eigenvalue weighted by atomic mass is 10.2. The van der Waals surface area contributed by atoms with Crippen molar-refractivity contribution in [3.8, 4) is 5.75 Å². The van der Waals surface area contributed by atoms with Crippen molar-refractivity contribution in [3.63, 3.8) is 0 Å². The molecule has 1 aliphatic rings. The zero-order valence-electron chi connectivity index (χ0n) is 15.8. The van der Waals surface area contributed by atoms with E-state index in [2.05, 4.69) is 5.32 Å². The molecule has 1 heterocycles. The SMILES string of the molecule is COc1ccccc1C=CC(=O)NCCN1C(=O)SC(=Cc2ccccc2)C1=O. The normalized spacial score (nSPS) is 15.3. The van der Waals surface area contributed by atoms with Gasteiger partial charge in [-0.1, -0.05) is 48.5 Å². The summed E-state index contributed by atoms with van der Waals surface area (Å²) in [5.41, 5.74) is 1.63. The Hall–Kier alpha value is -3.32. The van der Waals surface area contributed by atoms with Gasteiger partial charge in [0.25, 0.3) is 11.1 Å². The first-order chi connectivity index (χ1) is 14.1. The Balaban J connectivity index is 1.53. The highest BCUT2D eigenvalue weighted by molar-refractivity contribution is 8.18. The molecule has 2 aromatic carbocycles. The Labute approximate surface area is 173 Å². The van der Waals surface area contributed by atoms with Crippen molar-refractivity contribution in [3.05, 3.63) is 76.7 Å². The molecule has 1 fully saturated rings. The summed E-state index contributed by atoms with van der Waals surface area (Å²) in [5, 5.41) is 2.34. The van der Waals surface area contributed by atoms with Crippen LogP contribution in [0.4, 0.5) is 4.79 Å². The highest BCUT2D eigenvalue weighted by atomic mass is 32.2. The van der Waals surface area contributed by atoms with E-state index in [0.717, 1.165) is 27.8 Å². The van der Waals surface area contributed by atoms with E-state index in [-0.39, 0.29) is 30.1 Å². The molecule has 148 valence electrons. The summed E-state index contributed by atoms with van der Waals surface area (Å²) in [7, 11) is 1.56. The summed E-state index contributed by atoms with van der Waals surface area (Å²) >= 11 is 0.905. The lowest BCUT2D eigenvalue weighted by Crippen LogP contribution is -2.36. The molecule has 1 aliphatic heterocycles. The molecular formula is C22H20N2O4S. The molecule has 0 aromatic heterocycles. The summed E-state index contributed by atoms with van der Waals surface area (Å²) in [5.74, 6) is 0.00457. The van der Waals surface area contributed by atoms with Crippen molar-refractivity contribution < 1.29 is 19.1 Å². The molecule has 0 radical (unpaired) electrons. The number of rotatable bonds is 7. The van der Waals surface area contributed by atoms with Gasteiger partial charge in [0, 0.05) is 24.7 Å². The summed E-state index contributed by atoms with van der Waals surface area (Å²) in [6.07, 6.45) is 4.73. The highest BCUT2D eigenvalue weighted by Gasteiger charge is 2.34. The Morgan fingerprint density at radius 3 is 2.59 bits per heavy atom. The van der Waals surface area contributed by atoms with Crippen LogP contribution in [0.2, 0.25) is 0 Å². The molecule has 2 aromatic rings. The molecule has 0 bridgehead atoms. The van der Waals surface area contributed by atoms with E-state index < -0.39 is 0 Å². The molecule has 0 unspecified atom stereocenters. The predicted molar refractivity (Wildman–Crippen MR) is 114 cm³/mol. The Morgan fingerprint density at radius 2 is 1.83 bits per heavy atom. The number of amides is 3. The number of thioether (sulfide) groups is 1. The third kappa shape index (κ3) is 5.36. The first-order valence-electron chi connectivity index (χ1n) is 8.98. The first kappa shape index (κ1) is 20.4. The molecule has 3 rings (SSSR count). The van der Waals surface area contributed by atoms with Crippen molar-refractivity contribution in [2.45, 2.75) is 0 Å². The molecule has 29 heavy (non-hydrogen) atoms. The summed E-state index contributed by atoms with van der Waals surface area (Å²) in [6, 6.07) is 16.7. The molecule has 7 heteroatoms. The molecule has 0 saturated carbocycles. The van der Waals surface area contributed by atoms with Crippen LogP contribution in [0.1, 0.15) is 11.1 Å². The first-order valence-corrected chi connectivity index (χ1v) is 9.79. The fourth-order valence-corrected chi connectivity index (χ4v) is 3.58. The van der Waals surface area contributed by atoms with Gasteiger partial charge in [0.15, 0.2) is 0 Å². The number of carbonyl (C=O) groups is 3. The molecular weight excluding hydrogens is 388 g/mol. The number of hydrogen-bond donors (Lipinski definition) is 1. The quantitative estimate of drug-likeness (QED) is 0.709. The number of carbonyl (C=O) groups excluding carboxylic acids is 3. The summed E-state index contributed by atoms with van der Waals surface area (Å²) in [6.45, 7) is 0.288. The van der Waals surface area contributed by atoms with E-state index in [4.69, 9.17) is 4.74 Å². The van der Waals surface area contributed by atoms with Gasteiger partial charge in [0.1, 0.15) is 5.75 Å². The zero-order valence-corrected chi connectivity index (χ0v) is 16.6. The lowest BCUT2D eigenvalue weighted by Gasteiger charge is -2.12. The number of para-hydroxylation sites is 1. The van der Waals surface area contributed by atoms with Crippen molar-refractivity contribution in [1.82, 2.24) is 10.2 Å². The van der Waals surface area contributed by atoms with Crippen molar-refractivity contribution in [2.24, 2.45) is 0 Å². The summed E-state index contributed by atoms with van der Waals surface area (Å²) < 4.78 is 5.23. The molecule has 0 aliphatic carbocycles. The second kappa shape index (κ2) is 9.75. The lowest BCUT2D eigenvalue weighted by molar-refractivity contribution is -0.123. The van der Waals surface area contributed by atoms with E-state index in [1.807, 2.05) is 48.5 Å². The predicted octanol–water partition coefficient (Wildman–Crippen LogP) is 3.56. The van der Waals surface area contributed by atoms with Gasteiger partial charge in [0.05, 0.1) is 12.0 Å². The average molecular weight is 408 g/mol. The Bertz CT molecular complexity index is 970. The smallest absolute Gasteiger partial charge is 0.293 e. The molecule has 0 atom stereocenters. The summed E-state index contributed by atoms with van der Waals surface area (Å²) in [4.78, 5) is 38.1. The van der Waals surface area contributed by atoms with Crippen LogP contribution >= 0.6 is 11.8 Å². The van der Waals surface area contributed by atoms with Gasteiger partial charge in [-0.05, 0) is 35.5 Å². The fourth-order valence-electron chi connectivity index (χ4n) is 2.71. The van der Waals surface area contributed by atoms with E-state index in [0.29, 0.717) is 10.7 Å². The number of nitrogens with one attached hydrogen (secondary N) is 1. The van der Waals surface area contributed by atoms with Crippen LogP contribution < -0.4 is 10.1 Å². The number of nitrogens with zero attached hydrogens (tertiary/aromatic N) is 1. The van der Waals surface area contributed by atoms with Gasteiger partial charge in [0.2, 0.25) is 5.91 Å². The molecule has 3 amide bonds. The fraction of sp³-hybridized carbons (Fsp3) is 0.136. The second-order valence-corrected chi connectivity index (χ2v) is 7.10. The second-order valence-electron chi connectivity index (χ2n) is 6.11. The maximum Gasteiger partial charge on any atom is 0.293 e. The third-order valence-corrected chi connectivity index (χ3v) is 5.07. The maximum atomic E-state index is 12.5. The molecule has 6 nitrogen and oxygen atoms in total. The van der Waals surface area contributed by atoms with Gasteiger partial charge in [-0.25, -0.2) is 0 Å². The van der Waals surface area contributed by atoms with Crippen LogP contribution in [0.15, 0.2) is 65.6 Å². The van der Waals surface area contributed by atoms with Gasteiger partial charge in [-0.2, -0.15) is 0 Å².